The Bertz CT molecular complexity index is 646. The van der Waals surface area contributed by atoms with Crippen molar-refractivity contribution in [2.45, 2.75) is 6.92 Å². The van der Waals surface area contributed by atoms with Gasteiger partial charge in [0.05, 0.1) is 4.92 Å². The van der Waals surface area contributed by atoms with E-state index in [2.05, 4.69) is 15.9 Å². The third-order valence-corrected chi connectivity index (χ3v) is 3.65. The third-order valence-electron chi connectivity index (χ3n) is 2.49. The zero-order chi connectivity index (χ0) is 14.0. The first kappa shape index (κ1) is 14.3. The van der Waals surface area contributed by atoms with E-state index in [1.807, 2.05) is 41.6 Å². The molecule has 0 N–H and O–H groups in total. The Kier molecular flexibility index (Phi) is 4.41. The smallest absolute Gasteiger partial charge is 0.312 e. The SMILES string of the molecule is Cc1ccc(Br)cc1Oc1ccc(I)cc1[N+](=O)[O-]. The van der Waals surface area contributed by atoms with Crippen LogP contribution >= 0.6 is 38.5 Å². The number of hydrogen-bond donors (Lipinski definition) is 0. The molecule has 19 heavy (non-hydrogen) atoms. The van der Waals surface area contributed by atoms with Gasteiger partial charge in [-0.3, -0.25) is 10.1 Å². The van der Waals surface area contributed by atoms with E-state index in [4.69, 9.17) is 4.74 Å². The van der Waals surface area contributed by atoms with Gasteiger partial charge in [-0.05, 0) is 59.3 Å². The molecule has 98 valence electrons. The normalized spacial score (nSPS) is 10.3. The molecule has 0 aliphatic carbocycles. The fourth-order valence-electron chi connectivity index (χ4n) is 1.52. The second-order valence-corrected chi connectivity index (χ2v) is 6.04. The first-order valence-electron chi connectivity index (χ1n) is 5.35. The van der Waals surface area contributed by atoms with Crippen LogP contribution in [-0.4, -0.2) is 4.92 Å². The standard InChI is InChI=1S/C13H9BrINO3/c1-8-2-3-9(14)6-13(8)19-12-5-4-10(15)7-11(12)16(17)18/h2-7H,1H3. The largest absolute Gasteiger partial charge is 0.450 e. The van der Waals surface area contributed by atoms with Crippen molar-refractivity contribution in [3.05, 3.63) is 60.1 Å². The molecule has 0 radical (unpaired) electrons. The molecule has 4 nitrogen and oxygen atoms in total. The lowest BCUT2D eigenvalue weighted by atomic mass is 10.2. The highest BCUT2D eigenvalue weighted by atomic mass is 127. The van der Waals surface area contributed by atoms with Crippen molar-refractivity contribution < 1.29 is 9.66 Å². The average molecular weight is 434 g/mol. The molecule has 2 aromatic rings. The highest BCUT2D eigenvalue weighted by molar-refractivity contribution is 14.1. The number of nitro benzene ring substituents is 1. The van der Waals surface area contributed by atoms with Gasteiger partial charge in [-0.1, -0.05) is 22.0 Å². The maximum absolute atomic E-state index is 11.0. The van der Waals surface area contributed by atoms with Crippen molar-refractivity contribution in [1.29, 1.82) is 0 Å². The molecule has 0 aliphatic rings. The molecule has 0 amide bonds. The molecule has 0 spiro atoms. The van der Waals surface area contributed by atoms with Crippen LogP contribution in [0.15, 0.2) is 40.9 Å². The molecule has 0 heterocycles. The predicted octanol–water partition coefficient (Wildman–Crippen LogP) is 5.06. The van der Waals surface area contributed by atoms with Gasteiger partial charge in [0.2, 0.25) is 5.75 Å². The van der Waals surface area contributed by atoms with Crippen LogP contribution in [0.4, 0.5) is 5.69 Å². The molecule has 0 fully saturated rings. The zero-order valence-electron chi connectivity index (χ0n) is 9.89. The van der Waals surface area contributed by atoms with Gasteiger partial charge < -0.3 is 4.74 Å². The molecule has 0 saturated heterocycles. The molecule has 0 unspecified atom stereocenters. The number of rotatable bonds is 3. The highest BCUT2D eigenvalue weighted by Crippen LogP contribution is 2.34. The van der Waals surface area contributed by atoms with Gasteiger partial charge in [0, 0.05) is 14.1 Å². The van der Waals surface area contributed by atoms with Crippen LogP contribution in [0, 0.1) is 20.6 Å². The number of benzene rings is 2. The van der Waals surface area contributed by atoms with Crippen molar-refractivity contribution in [3.63, 3.8) is 0 Å². The number of hydrogen-bond acceptors (Lipinski definition) is 3. The quantitative estimate of drug-likeness (QED) is 0.386. The Morgan fingerprint density at radius 3 is 2.63 bits per heavy atom. The fourth-order valence-corrected chi connectivity index (χ4v) is 2.34. The van der Waals surface area contributed by atoms with E-state index >= 15 is 0 Å². The van der Waals surface area contributed by atoms with Crippen molar-refractivity contribution in [2.75, 3.05) is 0 Å². The first-order chi connectivity index (χ1) is 8.97. The summed E-state index contributed by atoms with van der Waals surface area (Å²) in [5.41, 5.74) is 0.877. The zero-order valence-corrected chi connectivity index (χ0v) is 13.6. The van der Waals surface area contributed by atoms with Crippen LogP contribution in [0.3, 0.4) is 0 Å². The van der Waals surface area contributed by atoms with E-state index in [1.54, 1.807) is 18.2 Å². The summed E-state index contributed by atoms with van der Waals surface area (Å²) in [4.78, 5) is 10.6. The van der Waals surface area contributed by atoms with E-state index in [9.17, 15) is 10.1 Å². The van der Waals surface area contributed by atoms with Gasteiger partial charge >= 0.3 is 5.69 Å². The van der Waals surface area contributed by atoms with Gasteiger partial charge in [-0.25, -0.2) is 0 Å². The minimum atomic E-state index is -0.440. The Morgan fingerprint density at radius 2 is 1.95 bits per heavy atom. The summed E-state index contributed by atoms with van der Waals surface area (Å²) in [6.45, 7) is 1.89. The summed E-state index contributed by atoms with van der Waals surface area (Å²) >= 11 is 5.38. The summed E-state index contributed by atoms with van der Waals surface area (Å²) in [6, 6.07) is 10.4. The maximum Gasteiger partial charge on any atom is 0.312 e. The first-order valence-corrected chi connectivity index (χ1v) is 7.22. The Hall–Kier alpha value is -1.15. The number of halogens is 2. The van der Waals surface area contributed by atoms with Gasteiger partial charge in [-0.2, -0.15) is 0 Å². The van der Waals surface area contributed by atoms with E-state index in [0.717, 1.165) is 13.6 Å². The van der Waals surface area contributed by atoms with Gasteiger partial charge in [-0.15, -0.1) is 0 Å². The average Bonchev–Trinajstić information content (AvgIpc) is 2.35. The van der Waals surface area contributed by atoms with Crippen LogP contribution in [0.1, 0.15) is 5.56 Å². The Labute approximate surface area is 132 Å². The van der Waals surface area contributed by atoms with Crippen LogP contribution in [0.2, 0.25) is 0 Å². The van der Waals surface area contributed by atoms with Crippen molar-refractivity contribution in [1.82, 2.24) is 0 Å². The maximum atomic E-state index is 11.0. The number of ether oxygens (including phenoxy) is 1. The summed E-state index contributed by atoms with van der Waals surface area (Å²) < 4.78 is 7.32. The Morgan fingerprint density at radius 1 is 1.21 bits per heavy atom. The lowest BCUT2D eigenvalue weighted by Crippen LogP contribution is -1.95. The lowest BCUT2D eigenvalue weighted by Gasteiger charge is -2.09. The minimum absolute atomic E-state index is 0.0359. The molecule has 0 aliphatic heterocycles. The molecule has 6 heteroatoms. The monoisotopic (exact) mass is 433 g/mol. The van der Waals surface area contributed by atoms with E-state index in [1.165, 1.54) is 6.07 Å². The van der Waals surface area contributed by atoms with Crippen LogP contribution < -0.4 is 4.74 Å². The predicted molar refractivity (Wildman–Crippen MR) is 84.8 cm³/mol. The highest BCUT2D eigenvalue weighted by Gasteiger charge is 2.17. The molecule has 0 atom stereocenters. The summed E-state index contributed by atoms with van der Waals surface area (Å²) in [5, 5.41) is 11.0. The molecular formula is C13H9BrINO3. The van der Waals surface area contributed by atoms with Crippen molar-refractivity contribution >= 4 is 44.2 Å². The molecule has 0 saturated carbocycles. The molecule has 2 rings (SSSR count). The second-order valence-electron chi connectivity index (χ2n) is 3.88. The summed E-state index contributed by atoms with van der Waals surface area (Å²) in [7, 11) is 0. The number of aryl methyl sites for hydroxylation is 1. The molecular weight excluding hydrogens is 425 g/mol. The van der Waals surface area contributed by atoms with Crippen LogP contribution in [0.5, 0.6) is 11.5 Å². The number of nitrogens with zero attached hydrogens (tertiary/aromatic N) is 1. The van der Waals surface area contributed by atoms with Gasteiger partial charge in [0.1, 0.15) is 5.75 Å². The second kappa shape index (κ2) is 5.87. The van der Waals surface area contributed by atoms with Crippen molar-refractivity contribution in [2.24, 2.45) is 0 Å². The van der Waals surface area contributed by atoms with Gasteiger partial charge in [0.15, 0.2) is 0 Å². The summed E-state index contributed by atoms with van der Waals surface area (Å²) in [5.74, 6) is 0.838. The fraction of sp³-hybridized carbons (Fsp3) is 0.0769. The molecule has 0 bridgehead atoms. The van der Waals surface area contributed by atoms with E-state index < -0.39 is 4.92 Å². The topological polar surface area (TPSA) is 52.4 Å². The van der Waals surface area contributed by atoms with E-state index in [0.29, 0.717) is 5.75 Å². The Balaban J connectivity index is 2.43. The molecule has 2 aromatic carbocycles. The third kappa shape index (κ3) is 3.44. The van der Waals surface area contributed by atoms with E-state index in [-0.39, 0.29) is 11.4 Å². The number of nitro groups is 1. The van der Waals surface area contributed by atoms with Crippen LogP contribution in [0.25, 0.3) is 0 Å². The van der Waals surface area contributed by atoms with Crippen LogP contribution in [-0.2, 0) is 0 Å². The lowest BCUT2D eigenvalue weighted by molar-refractivity contribution is -0.385. The van der Waals surface area contributed by atoms with Crippen molar-refractivity contribution in [3.8, 4) is 11.5 Å². The minimum Gasteiger partial charge on any atom is -0.450 e. The summed E-state index contributed by atoms with van der Waals surface area (Å²) in [6.07, 6.45) is 0. The molecule has 0 aromatic heterocycles. The van der Waals surface area contributed by atoms with Gasteiger partial charge in [0.25, 0.3) is 0 Å².